The van der Waals surface area contributed by atoms with Crippen LogP contribution in [-0.4, -0.2) is 23.0 Å². The number of nitrogens with one attached hydrogen (secondary N) is 1. The number of carboxylic acids is 1. The standard InChI is InChI=1S/C15H15F6NO3/c1-3-7(2)11(13(24)25)22-12(23)8-4-9(14(16,17)18)6-10(5-8)15(19,20)21/h4-7,11H,3H2,1-2H3,(H,22,23)(H,24,25)/t7-,11+/m1/s1. The second kappa shape index (κ2) is 7.32. The van der Waals surface area contributed by atoms with Gasteiger partial charge in [-0.3, -0.25) is 4.79 Å². The van der Waals surface area contributed by atoms with Gasteiger partial charge in [-0.15, -0.1) is 0 Å². The van der Waals surface area contributed by atoms with Gasteiger partial charge < -0.3 is 10.4 Å². The Kier molecular flexibility index (Phi) is 6.09. The molecule has 0 heterocycles. The van der Waals surface area contributed by atoms with Crippen molar-refractivity contribution in [2.24, 2.45) is 5.92 Å². The predicted molar refractivity (Wildman–Crippen MR) is 74.8 cm³/mol. The number of halogens is 6. The molecule has 2 atom stereocenters. The van der Waals surface area contributed by atoms with Crippen LogP contribution in [0.1, 0.15) is 41.8 Å². The summed E-state index contributed by atoms with van der Waals surface area (Å²) >= 11 is 0. The first-order valence-corrected chi connectivity index (χ1v) is 7.10. The number of carbonyl (C=O) groups excluding carboxylic acids is 1. The van der Waals surface area contributed by atoms with E-state index >= 15 is 0 Å². The highest BCUT2D eigenvalue weighted by Crippen LogP contribution is 2.36. The summed E-state index contributed by atoms with van der Waals surface area (Å²) in [5.74, 6) is -3.34. The monoisotopic (exact) mass is 371 g/mol. The summed E-state index contributed by atoms with van der Waals surface area (Å²) in [6.45, 7) is 3.10. The number of amides is 1. The van der Waals surface area contributed by atoms with Crippen LogP contribution in [0.15, 0.2) is 18.2 Å². The van der Waals surface area contributed by atoms with Crippen molar-refractivity contribution in [2.45, 2.75) is 38.7 Å². The van der Waals surface area contributed by atoms with Gasteiger partial charge >= 0.3 is 18.3 Å². The fourth-order valence-electron chi connectivity index (χ4n) is 1.99. The Balaban J connectivity index is 3.31. The fourth-order valence-corrected chi connectivity index (χ4v) is 1.99. The van der Waals surface area contributed by atoms with Crippen LogP contribution in [0.4, 0.5) is 26.3 Å². The van der Waals surface area contributed by atoms with Crippen LogP contribution in [0.25, 0.3) is 0 Å². The molecule has 0 aliphatic rings. The van der Waals surface area contributed by atoms with Gasteiger partial charge in [0.1, 0.15) is 6.04 Å². The number of hydrogen-bond donors (Lipinski definition) is 2. The molecule has 0 unspecified atom stereocenters. The molecule has 1 amide bonds. The van der Waals surface area contributed by atoms with Crippen LogP contribution < -0.4 is 5.32 Å². The van der Waals surface area contributed by atoms with E-state index in [4.69, 9.17) is 5.11 Å². The molecule has 2 N–H and O–H groups in total. The molecule has 0 saturated heterocycles. The van der Waals surface area contributed by atoms with Gasteiger partial charge in [-0.2, -0.15) is 26.3 Å². The molecule has 140 valence electrons. The van der Waals surface area contributed by atoms with Crippen LogP contribution in [0.5, 0.6) is 0 Å². The topological polar surface area (TPSA) is 66.4 Å². The first kappa shape index (κ1) is 20.8. The lowest BCUT2D eigenvalue weighted by atomic mass is 9.98. The number of hydrogen-bond acceptors (Lipinski definition) is 2. The van der Waals surface area contributed by atoms with E-state index in [1.54, 1.807) is 6.92 Å². The SMILES string of the molecule is CC[C@@H](C)[C@H](NC(=O)c1cc(C(F)(F)F)cc(C(F)(F)F)c1)C(=O)O. The number of rotatable bonds is 5. The second-order valence-corrected chi connectivity index (χ2v) is 5.47. The van der Waals surface area contributed by atoms with Crippen LogP contribution >= 0.6 is 0 Å². The molecule has 0 spiro atoms. The van der Waals surface area contributed by atoms with Crippen molar-refractivity contribution in [2.75, 3.05) is 0 Å². The normalized spacial score (nSPS) is 14.7. The lowest BCUT2D eigenvalue weighted by Gasteiger charge is -2.21. The van der Waals surface area contributed by atoms with E-state index in [9.17, 15) is 35.9 Å². The second-order valence-electron chi connectivity index (χ2n) is 5.47. The zero-order valence-electron chi connectivity index (χ0n) is 13.1. The molecular formula is C15H15F6NO3. The van der Waals surface area contributed by atoms with E-state index in [1.807, 2.05) is 5.32 Å². The smallest absolute Gasteiger partial charge is 0.416 e. The average molecular weight is 371 g/mol. The zero-order chi connectivity index (χ0) is 19.6. The van der Waals surface area contributed by atoms with Gasteiger partial charge in [0.05, 0.1) is 11.1 Å². The summed E-state index contributed by atoms with van der Waals surface area (Å²) in [7, 11) is 0. The fraction of sp³-hybridized carbons (Fsp3) is 0.467. The summed E-state index contributed by atoms with van der Waals surface area (Å²) in [5, 5.41) is 11.0. The van der Waals surface area contributed by atoms with Crippen LogP contribution in [0.3, 0.4) is 0 Å². The largest absolute Gasteiger partial charge is 0.480 e. The molecule has 1 aromatic carbocycles. The highest BCUT2D eigenvalue weighted by molar-refractivity contribution is 5.97. The Labute approximate surface area is 138 Å². The van der Waals surface area contributed by atoms with Gasteiger partial charge in [0, 0.05) is 5.56 Å². The molecule has 0 bridgehead atoms. The van der Waals surface area contributed by atoms with E-state index < -0.39 is 52.9 Å². The summed E-state index contributed by atoms with van der Waals surface area (Å²) in [5.41, 5.74) is -4.22. The molecule has 0 aromatic heterocycles. The Morgan fingerprint density at radius 3 is 1.80 bits per heavy atom. The number of carboxylic acid groups (broad SMARTS) is 1. The van der Waals surface area contributed by atoms with Crippen LogP contribution in [0.2, 0.25) is 0 Å². The van der Waals surface area contributed by atoms with E-state index in [2.05, 4.69) is 0 Å². The quantitative estimate of drug-likeness (QED) is 0.771. The molecule has 25 heavy (non-hydrogen) atoms. The maximum atomic E-state index is 12.8. The Hall–Kier alpha value is -2.26. The third kappa shape index (κ3) is 5.36. The lowest BCUT2D eigenvalue weighted by Crippen LogP contribution is -2.45. The Morgan fingerprint density at radius 2 is 1.48 bits per heavy atom. The Morgan fingerprint density at radius 1 is 1.04 bits per heavy atom. The van der Waals surface area contributed by atoms with Gasteiger partial charge in [-0.05, 0) is 24.1 Å². The third-order valence-electron chi connectivity index (χ3n) is 3.62. The van der Waals surface area contributed by atoms with Crippen LogP contribution in [-0.2, 0) is 17.1 Å². The molecule has 0 radical (unpaired) electrons. The first-order valence-electron chi connectivity index (χ1n) is 7.10. The van der Waals surface area contributed by atoms with Crippen molar-refractivity contribution in [1.29, 1.82) is 0 Å². The van der Waals surface area contributed by atoms with Gasteiger partial charge in [0.15, 0.2) is 0 Å². The maximum Gasteiger partial charge on any atom is 0.416 e. The Bertz CT molecular complexity index is 621. The van der Waals surface area contributed by atoms with Gasteiger partial charge in [0.25, 0.3) is 5.91 Å². The molecule has 1 rings (SSSR count). The predicted octanol–water partition coefficient (Wildman–Crippen LogP) is 3.95. The number of alkyl halides is 6. The van der Waals surface area contributed by atoms with Crippen molar-refractivity contribution >= 4 is 11.9 Å². The first-order chi connectivity index (χ1) is 11.3. The number of carbonyl (C=O) groups is 2. The van der Waals surface area contributed by atoms with Crippen molar-refractivity contribution < 1.29 is 41.0 Å². The molecule has 0 aliphatic heterocycles. The van der Waals surface area contributed by atoms with Gasteiger partial charge in [-0.1, -0.05) is 20.3 Å². The molecular weight excluding hydrogens is 356 g/mol. The lowest BCUT2D eigenvalue weighted by molar-refractivity contribution is -0.143. The van der Waals surface area contributed by atoms with Crippen molar-refractivity contribution in [3.63, 3.8) is 0 Å². The molecule has 10 heteroatoms. The minimum atomic E-state index is -5.10. The van der Waals surface area contributed by atoms with E-state index in [0.717, 1.165) is 0 Å². The highest BCUT2D eigenvalue weighted by atomic mass is 19.4. The molecule has 0 saturated carbocycles. The maximum absolute atomic E-state index is 12.8. The van der Waals surface area contributed by atoms with Gasteiger partial charge in [0.2, 0.25) is 0 Å². The van der Waals surface area contributed by atoms with Crippen LogP contribution in [0, 0.1) is 5.92 Å². The van der Waals surface area contributed by atoms with Gasteiger partial charge in [-0.25, -0.2) is 4.79 Å². The summed E-state index contributed by atoms with van der Waals surface area (Å²) in [6, 6.07) is -1.05. The molecule has 1 aromatic rings. The zero-order valence-corrected chi connectivity index (χ0v) is 13.1. The highest BCUT2D eigenvalue weighted by Gasteiger charge is 2.38. The minimum Gasteiger partial charge on any atom is -0.480 e. The summed E-state index contributed by atoms with van der Waals surface area (Å²) < 4.78 is 76.7. The number of benzene rings is 1. The van der Waals surface area contributed by atoms with E-state index in [0.29, 0.717) is 6.42 Å². The molecule has 0 aliphatic carbocycles. The van der Waals surface area contributed by atoms with Crippen molar-refractivity contribution in [3.05, 3.63) is 34.9 Å². The number of aliphatic carboxylic acids is 1. The summed E-state index contributed by atoms with van der Waals surface area (Å²) in [4.78, 5) is 23.2. The van der Waals surface area contributed by atoms with E-state index in [1.165, 1.54) is 6.92 Å². The third-order valence-corrected chi connectivity index (χ3v) is 3.62. The van der Waals surface area contributed by atoms with Crippen molar-refractivity contribution in [1.82, 2.24) is 5.32 Å². The average Bonchev–Trinajstić information content (AvgIpc) is 2.49. The van der Waals surface area contributed by atoms with E-state index in [-0.39, 0.29) is 18.2 Å². The molecule has 4 nitrogen and oxygen atoms in total. The molecule has 0 fully saturated rings. The minimum absolute atomic E-state index is 0.111. The summed E-state index contributed by atoms with van der Waals surface area (Å²) in [6.07, 6.45) is -9.87. The van der Waals surface area contributed by atoms with Crippen molar-refractivity contribution in [3.8, 4) is 0 Å².